The van der Waals surface area contributed by atoms with Gasteiger partial charge in [0.2, 0.25) is 0 Å². The highest BCUT2D eigenvalue weighted by Gasteiger charge is 2.97. The molecule has 0 aliphatic carbocycles. The van der Waals surface area contributed by atoms with Gasteiger partial charge in [0.25, 0.3) is 0 Å². The van der Waals surface area contributed by atoms with Gasteiger partial charge in [0.15, 0.2) is 0 Å². The molecule has 39 heteroatoms. The Morgan fingerprint density at radius 1 is 0.275 bits per heavy atom. The first-order chi connectivity index (χ1) is 29.9. The van der Waals surface area contributed by atoms with E-state index in [0.29, 0.717) is 34.9 Å². The SMILES string of the molecule is O=C(Nc1ccc(Oc2ccc(NC(=O)C(F)(F)C(F)(F)C(F)(F)C(F)(F)C(F)(F)C(F)(F)C(F)(F)C(F)(F)F)cc2)cc1)C(F)(F)C(F)(F)C(F)(F)C(F)(F)C(F)(F)C(F)(F)C(F)(F)C(F)(F)F. The number of carbonyl (C=O) groups is 2. The lowest BCUT2D eigenvalue weighted by Gasteiger charge is -2.42. The average Bonchev–Trinajstić information content (AvgIpc) is 3.17. The van der Waals surface area contributed by atoms with Gasteiger partial charge in [-0.3, -0.25) is 9.59 Å². The number of amides is 2. The minimum Gasteiger partial charge on any atom is -0.457 e. The molecule has 0 aliphatic rings. The topological polar surface area (TPSA) is 67.4 Å². The standard InChI is InChI=1S/C30H10F34N2O3/c31-15(32,17(35,36)19(39,40)21(43,44)23(47,48)25(51,52)27(55,56)29(59,60)61)13(67)65-9-1-5-11(6-2-9)69-12-7-3-10(4-8-12)66-14(68)16(33,34)18(37,38)20(41,42)22(45,46)24(49,50)26(53,54)28(57,58)30(62,63)64/h1-8H,(H,65,67)(H,66,68). The molecule has 0 radical (unpaired) electrons. The van der Waals surface area contributed by atoms with Crippen LogP contribution in [0.1, 0.15) is 0 Å². The Balaban J connectivity index is 2.31. The second-order valence-corrected chi connectivity index (χ2v) is 13.1. The number of benzene rings is 2. The molecule has 2 rings (SSSR count). The maximum atomic E-state index is 14.2. The zero-order valence-corrected chi connectivity index (χ0v) is 30.7. The lowest BCUT2D eigenvalue weighted by atomic mass is 9.89. The highest BCUT2D eigenvalue weighted by Crippen LogP contribution is 2.66. The zero-order valence-electron chi connectivity index (χ0n) is 30.7. The van der Waals surface area contributed by atoms with Gasteiger partial charge in [-0.25, -0.2) is 0 Å². The largest absolute Gasteiger partial charge is 0.460 e. The van der Waals surface area contributed by atoms with Gasteiger partial charge >= 0.3 is 107 Å². The summed E-state index contributed by atoms with van der Waals surface area (Å²) in [5.74, 6) is -130. The van der Waals surface area contributed by atoms with E-state index in [-0.39, 0.29) is 24.3 Å². The van der Waals surface area contributed by atoms with Gasteiger partial charge in [-0.2, -0.15) is 149 Å². The summed E-state index contributed by atoms with van der Waals surface area (Å²) in [6.07, 6.45) is -16.1. The molecule has 2 aromatic rings. The smallest absolute Gasteiger partial charge is 0.457 e. The summed E-state index contributed by atoms with van der Waals surface area (Å²) in [7, 11) is 0. The summed E-state index contributed by atoms with van der Waals surface area (Å²) < 4.78 is 463. The minimum absolute atomic E-state index is 0.136. The number of nitrogens with one attached hydrogen (secondary N) is 2. The van der Waals surface area contributed by atoms with E-state index in [4.69, 9.17) is 4.74 Å². The highest BCUT2D eigenvalue weighted by atomic mass is 19.4. The number of anilines is 2. The molecule has 0 aliphatic heterocycles. The molecule has 2 aromatic carbocycles. The van der Waals surface area contributed by atoms with Crippen LogP contribution in [0.25, 0.3) is 0 Å². The second kappa shape index (κ2) is 16.7. The molecule has 0 fully saturated rings. The lowest BCUT2D eigenvalue weighted by Crippen LogP contribution is -2.75. The van der Waals surface area contributed by atoms with Crippen LogP contribution in [0.3, 0.4) is 0 Å². The van der Waals surface area contributed by atoms with E-state index >= 15 is 0 Å². The molecule has 0 bridgehead atoms. The number of carbonyl (C=O) groups excluding carboxylic acids is 2. The predicted octanol–water partition coefficient (Wildman–Crippen LogP) is 13.4. The Hall–Kier alpha value is -5.20. The van der Waals surface area contributed by atoms with Crippen molar-refractivity contribution < 1.29 is 164 Å². The third-order valence-corrected chi connectivity index (χ3v) is 8.47. The van der Waals surface area contributed by atoms with E-state index in [1.165, 1.54) is 0 Å². The fraction of sp³-hybridized carbons (Fsp3) is 0.533. The molecule has 0 saturated carbocycles. The van der Waals surface area contributed by atoms with Gasteiger partial charge in [0.1, 0.15) is 11.5 Å². The molecular formula is C30H10F34N2O3. The quantitative estimate of drug-likeness (QED) is 0.146. The molecule has 2 amide bonds. The van der Waals surface area contributed by atoms with Crippen molar-refractivity contribution in [1.82, 2.24) is 0 Å². The normalized spacial score (nSPS) is 15.5. The van der Waals surface area contributed by atoms with Crippen molar-refractivity contribution in [1.29, 1.82) is 0 Å². The molecule has 5 nitrogen and oxygen atoms in total. The Morgan fingerprint density at radius 2 is 0.449 bits per heavy atom. The Bertz CT molecular complexity index is 2040. The number of alkyl halides is 34. The summed E-state index contributed by atoms with van der Waals surface area (Å²) >= 11 is 0. The van der Waals surface area contributed by atoms with Crippen molar-refractivity contribution in [2.45, 2.75) is 95.3 Å². The van der Waals surface area contributed by atoms with Crippen LogP contribution >= 0.6 is 0 Å². The first-order valence-electron chi connectivity index (χ1n) is 15.9. The van der Waals surface area contributed by atoms with Crippen molar-refractivity contribution >= 4 is 23.2 Å². The summed E-state index contributed by atoms with van der Waals surface area (Å²) in [6, 6.07) is 1.86. The van der Waals surface area contributed by atoms with E-state index in [9.17, 15) is 159 Å². The Kier molecular flexibility index (Phi) is 14.5. The molecule has 0 unspecified atom stereocenters. The van der Waals surface area contributed by atoms with E-state index in [1.807, 2.05) is 0 Å². The lowest BCUT2D eigenvalue weighted by molar-refractivity contribution is -0.459. The zero-order chi connectivity index (χ0) is 55.2. The third-order valence-electron chi connectivity index (χ3n) is 8.47. The van der Waals surface area contributed by atoms with Gasteiger partial charge in [-0.05, 0) is 48.5 Å². The third kappa shape index (κ3) is 8.55. The van der Waals surface area contributed by atoms with Crippen LogP contribution in [0.15, 0.2) is 48.5 Å². The first kappa shape index (κ1) is 59.9. The highest BCUT2D eigenvalue weighted by molar-refractivity contribution is 5.97. The molecule has 396 valence electrons. The maximum Gasteiger partial charge on any atom is 0.460 e. The Morgan fingerprint density at radius 3 is 0.638 bits per heavy atom. The van der Waals surface area contributed by atoms with Crippen molar-refractivity contribution in [2.24, 2.45) is 0 Å². The van der Waals surface area contributed by atoms with Gasteiger partial charge in [-0.15, -0.1) is 0 Å². The number of halogens is 34. The van der Waals surface area contributed by atoms with E-state index in [2.05, 4.69) is 0 Å². The van der Waals surface area contributed by atoms with Gasteiger partial charge in [-0.1, -0.05) is 0 Å². The molecular weight excluding hydrogens is 1080 g/mol. The average molecular weight is 1090 g/mol. The summed E-state index contributed by atoms with van der Waals surface area (Å²) in [6.45, 7) is 0. The predicted molar refractivity (Wildman–Crippen MR) is 152 cm³/mol. The van der Waals surface area contributed by atoms with Crippen molar-refractivity contribution in [2.75, 3.05) is 10.6 Å². The van der Waals surface area contributed by atoms with Crippen LogP contribution in [0, 0.1) is 0 Å². The van der Waals surface area contributed by atoms with E-state index in [1.54, 1.807) is 0 Å². The van der Waals surface area contributed by atoms with Crippen molar-refractivity contribution in [3.05, 3.63) is 48.5 Å². The molecule has 0 spiro atoms. The van der Waals surface area contributed by atoms with Crippen LogP contribution in [-0.4, -0.2) is 107 Å². The van der Waals surface area contributed by atoms with Crippen LogP contribution in [0.5, 0.6) is 11.5 Å². The van der Waals surface area contributed by atoms with Crippen molar-refractivity contribution in [3.63, 3.8) is 0 Å². The van der Waals surface area contributed by atoms with E-state index in [0.717, 1.165) is 0 Å². The van der Waals surface area contributed by atoms with E-state index < -0.39 is 130 Å². The monoisotopic (exact) mass is 1090 g/mol. The minimum atomic E-state index is -9.01. The Labute approximate surface area is 353 Å². The number of ether oxygens (including phenoxy) is 1. The van der Waals surface area contributed by atoms with Gasteiger partial charge in [0.05, 0.1) is 0 Å². The summed E-state index contributed by atoms with van der Waals surface area (Å²) in [5, 5.41) is 1.03. The summed E-state index contributed by atoms with van der Waals surface area (Å²) in [5.41, 5.74) is -2.81. The fourth-order valence-corrected chi connectivity index (χ4v) is 4.38. The number of rotatable bonds is 18. The molecule has 69 heavy (non-hydrogen) atoms. The second-order valence-electron chi connectivity index (χ2n) is 13.1. The number of hydrogen-bond donors (Lipinski definition) is 2. The molecule has 0 heterocycles. The molecule has 2 N–H and O–H groups in total. The molecule has 0 aromatic heterocycles. The van der Waals surface area contributed by atoms with Crippen molar-refractivity contribution in [3.8, 4) is 11.5 Å². The molecule has 0 saturated heterocycles. The van der Waals surface area contributed by atoms with Gasteiger partial charge in [0, 0.05) is 11.4 Å². The summed E-state index contributed by atoms with van der Waals surface area (Å²) in [4.78, 5) is 23.5. The van der Waals surface area contributed by atoms with Crippen LogP contribution in [0.4, 0.5) is 161 Å². The first-order valence-corrected chi connectivity index (χ1v) is 15.9. The number of hydrogen-bond acceptors (Lipinski definition) is 3. The molecule has 0 atom stereocenters. The maximum absolute atomic E-state index is 14.2. The fourth-order valence-electron chi connectivity index (χ4n) is 4.38. The van der Waals surface area contributed by atoms with Crippen LogP contribution < -0.4 is 15.4 Å². The van der Waals surface area contributed by atoms with Gasteiger partial charge < -0.3 is 15.4 Å². The van der Waals surface area contributed by atoms with Crippen LogP contribution in [-0.2, 0) is 9.59 Å². The van der Waals surface area contributed by atoms with Crippen LogP contribution in [0.2, 0.25) is 0 Å².